The highest BCUT2D eigenvalue weighted by Crippen LogP contribution is 2.35. The fourth-order valence-electron chi connectivity index (χ4n) is 1.18. The van der Waals surface area contributed by atoms with Gasteiger partial charge in [-0.3, -0.25) is 0 Å². The Kier molecular flexibility index (Phi) is 4.66. The second kappa shape index (κ2) is 6.00. The Morgan fingerprint density at radius 2 is 2.00 bits per heavy atom. The van der Waals surface area contributed by atoms with Crippen LogP contribution in [0, 0.1) is 0 Å². The molecule has 0 heterocycles. The van der Waals surface area contributed by atoms with Crippen molar-refractivity contribution in [2.75, 3.05) is 19.5 Å². The third kappa shape index (κ3) is 3.57. The minimum atomic E-state index is -1.05. The first-order chi connectivity index (χ1) is 8.08. The second-order valence-corrected chi connectivity index (χ2v) is 3.41. The summed E-state index contributed by atoms with van der Waals surface area (Å²) in [5, 5.41) is 11.6. The van der Waals surface area contributed by atoms with E-state index in [2.05, 4.69) is 5.32 Å². The number of carboxylic acids is 1. The number of nitrogens with one attached hydrogen (secondary N) is 1. The summed E-state index contributed by atoms with van der Waals surface area (Å²) in [4.78, 5) is 10.3. The molecule has 2 N–H and O–H groups in total. The van der Waals surface area contributed by atoms with Gasteiger partial charge in [-0.05, 0) is 6.07 Å². The SMILES string of the molecule is COc1cc(OC)c(N/C=C/C(=O)O)cc1Cl. The molecule has 0 atom stereocenters. The molecule has 0 aliphatic carbocycles. The molecule has 0 spiro atoms. The number of hydrogen-bond acceptors (Lipinski definition) is 4. The molecule has 0 saturated heterocycles. The van der Waals surface area contributed by atoms with Gasteiger partial charge in [0.1, 0.15) is 11.5 Å². The van der Waals surface area contributed by atoms with Crippen molar-refractivity contribution in [2.24, 2.45) is 0 Å². The molecule has 0 aliphatic rings. The average Bonchev–Trinajstić information content (AvgIpc) is 2.29. The van der Waals surface area contributed by atoms with Gasteiger partial charge < -0.3 is 19.9 Å². The number of carbonyl (C=O) groups is 1. The van der Waals surface area contributed by atoms with Crippen LogP contribution >= 0.6 is 11.6 Å². The van der Waals surface area contributed by atoms with E-state index in [4.69, 9.17) is 26.2 Å². The second-order valence-electron chi connectivity index (χ2n) is 3.00. The van der Waals surface area contributed by atoms with Crippen LogP contribution in [-0.4, -0.2) is 25.3 Å². The minimum absolute atomic E-state index is 0.402. The van der Waals surface area contributed by atoms with E-state index >= 15 is 0 Å². The van der Waals surface area contributed by atoms with Crippen LogP contribution in [0.25, 0.3) is 0 Å². The van der Waals surface area contributed by atoms with Crippen LogP contribution in [-0.2, 0) is 4.79 Å². The number of rotatable bonds is 5. The molecule has 1 aromatic carbocycles. The monoisotopic (exact) mass is 257 g/mol. The third-order valence-electron chi connectivity index (χ3n) is 1.94. The van der Waals surface area contributed by atoms with Crippen molar-refractivity contribution in [1.82, 2.24) is 0 Å². The number of carboxylic acid groups (broad SMARTS) is 1. The molecule has 5 nitrogen and oxygen atoms in total. The molecule has 0 saturated carbocycles. The van der Waals surface area contributed by atoms with E-state index in [1.807, 2.05) is 0 Å². The predicted molar refractivity (Wildman–Crippen MR) is 65.0 cm³/mol. The topological polar surface area (TPSA) is 67.8 Å². The van der Waals surface area contributed by atoms with Gasteiger partial charge in [-0.1, -0.05) is 11.6 Å². The molecule has 0 amide bonds. The van der Waals surface area contributed by atoms with E-state index in [0.717, 1.165) is 6.08 Å². The van der Waals surface area contributed by atoms with Crippen LogP contribution in [0.1, 0.15) is 0 Å². The maximum absolute atomic E-state index is 10.3. The van der Waals surface area contributed by atoms with Crippen molar-refractivity contribution in [3.05, 3.63) is 29.4 Å². The zero-order chi connectivity index (χ0) is 12.8. The Labute approximate surface area is 104 Å². The molecular weight excluding hydrogens is 246 g/mol. The Bertz CT molecular complexity index is 445. The lowest BCUT2D eigenvalue weighted by Gasteiger charge is -2.11. The van der Waals surface area contributed by atoms with Gasteiger partial charge in [-0.2, -0.15) is 0 Å². The molecule has 17 heavy (non-hydrogen) atoms. The lowest BCUT2D eigenvalue weighted by Crippen LogP contribution is -1.96. The Balaban J connectivity index is 2.98. The number of ether oxygens (including phenoxy) is 2. The third-order valence-corrected chi connectivity index (χ3v) is 2.23. The first-order valence-electron chi connectivity index (χ1n) is 4.66. The van der Waals surface area contributed by atoms with Crippen LogP contribution in [0.5, 0.6) is 11.5 Å². The van der Waals surface area contributed by atoms with Crippen LogP contribution in [0.3, 0.4) is 0 Å². The van der Waals surface area contributed by atoms with Gasteiger partial charge in [0.05, 0.1) is 24.9 Å². The van der Waals surface area contributed by atoms with Crippen molar-refractivity contribution in [1.29, 1.82) is 0 Å². The van der Waals surface area contributed by atoms with Gasteiger partial charge in [0, 0.05) is 18.3 Å². The fourth-order valence-corrected chi connectivity index (χ4v) is 1.42. The predicted octanol–water partition coefficient (Wildman–Crippen LogP) is 2.37. The van der Waals surface area contributed by atoms with E-state index in [-0.39, 0.29) is 0 Å². The standard InChI is InChI=1S/C11H12ClNO4/c1-16-9-6-10(17-2)8(5-7(9)12)13-4-3-11(14)15/h3-6,13H,1-2H3,(H,14,15)/b4-3+. The maximum Gasteiger partial charge on any atom is 0.329 e. The van der Waals surface area contributed by atoms with Gasteiger partial charge >= 0.3 is 5.97 Å². The lowest BCUT2D eigenvalue weighted by molar-refractivity contribution is -0.131. The van der Waals surface area contributed by atoms with E-state index in [1.165, 1.54) is 20.4 Å². The summed E-state index contributed by atoms with van der Waals surface area (Å²) >= 11 is 5.94. The van der Waals surface area contributed by atoms with E-state index in [9.17, 15) is 4.79 Å². The highest BCUT2D eigenvalue weighted by atomic mass is 35.5. The van der Waals surface area contributed by atoms with Crippen LogP contribution < -0.4 is 14.8 Å². The van der Waals surface area contributed by atoms with Crippen molar-refractivity contribution in [2.45, 2.75) is 0 Å². The Morgan fingerprint density at radius 3 is 2.53 bits per heavy atom. The Morgan fingerprint density at radius 1 is 1.35 bits per heavy atom. The molecule has 0 aromatic heterocycles. The molecule has 0 fully saturated rings. The quantitative estimate of drug-likeness (QED) is 0.793. The molecule has 1 aromatic rings. The molecular formula is C11H12ClNO4. The smallest absolute Gasteiger partial charge is 0.329 e. The van der Waals surface area contributed by atoms with Crippen molar-refractivity contribution >= 4 is 23.3 Å². The summed E-state index contributed by atoms with van der Waals surface area (Å²) in [5.74, 6) is -0.0614. The van der Waals surface area contributed by atoms with Crippen molar-refractivity contribution in [3.63, 3.8) is 0 Å². The number of benzene rings is 1. The molecule has 0 bridgehead atoms. The van der Waals surface area contributed by atoms with Gasteiger partial charge in [-0.25, -0.2) is 4.79 Å². The number of anilines is 1. The van der Waals surface area contributed by atoms with Gasteiger partial charge in [0.15, 0.2) is 0 Å². The molecule has 92 valence electrons. The highest BCUT2D eigenvalue weighted by molar-refractivity contribution is 6.32. The molecule has 1 rings (SSSR count). The summed E-state index contributed by atoms with van der Waals surface area (Å²) in [6, 6.07) is 3.20. The Hall–Kier alpha value is -1.88. The molecule has 0 aliphatic heterocycles. The summed E-state index contributed by atoms with van der Waals surface area (Å²) in [7, 11) is 2.99. The summed E-state index contributed by atoms with van der Waals surface area (Å²) in [6.45, 7) is 0. The van der Waals surface area contributed by atoms with E-state index < -0.39 is 5.97 Å². The van der Waals surface area contributed by atoms with Crippen molar-refractivity contribution < 1.29 is 19.4 Å². The normalized spacial score (nSPS) is 10.3. The molecule has 0 radical (unpaired) electrons. The summed E-state index contributed by atoms with van der Waals surface area (Å²) < 4.78 is 10.2. The zero-order valence-electron chi connectivity index (χ0n) is 9.36. The van der Waals surface area contributed by atoms with Crippen LogP contribution in [0.4, 0.5) is 5.69 Å². The number of aliphatic carboxylic acids is 1. The van der Waals surface area contributed by atoms with Crippen LogP contribution in [0.15, 0.2) is 24.4 Å². The zero-order valence-corrected chi connectivity index (χ0v) is 10.1. The first kappa shape index (κ1) is 13.2. The van der Waals surface area contributed by atoms with E-state index in [1.54, 1.807) is 12.1 Å². The molecule has 0 unspecified atom stereocenters. The summed E-state index contributed by atoms with van der Waals surface area (Å²) in [5.41, 5.74) is 0.552. The van der Waals surface area contributed by atoms with Gasteiger partial charge in [0.25, 0.3) is 0 Å². The number of methoxy groups -OCH3 is 2. The lowest BCUT2D eigenvalue weighted by atomic mass is 10.2. The number of halogens is 1. The number of hydrogen-bond donors (Lipinski definition) is 2. The van der Waals surface area contributed by atoms with Gasteiger partial charge in [0.2, 0.25) is 0 Å². The highest BCUT2D eigenvalue weighted by Gasteiger charge is 2.08. The summed E-state index contributed by atoms with van der Waals surface area (Å²) in [6.07, 6.45) is 2.25. The molecule has 6 heteroatoms. The van der Waals surface area contributed by atoms with Crippen molar-refractivity contribution in [3.8, 4) is 11.5 Å². The average molecular weight is 258 g/mol. The van der Waals surface area contributed by atoms with Crippen LogP contribution in [0.2, 0.25) is 5.02 Å². The minimum Gasteiger partial charge on any atom is -0.495 e. The first-order valence-corrected chi connectivity index (χ1v) is 5.03. The maximum atomic E-state index is 10.3. The fraction of sp³-hybridized carbons (Fsp3) is 0.182. The van der Waals surface area contributed by atoms with Gasteiger partial charge in [-0.15, -0.1) is 0 Å². The van der Waals surface area contributed by atoms with E-state index in [0.29, 0.717) is 22.2 Å². The largest absolute Gasteiger partial charge is 0.495 e.